The summed E-state index contributed by atoms with van der Waals surface area (Å²) in [5.41, 5.74) is 7.86. The first kappa shape index (κ1) is 18.7. The maximum absolute atomic E-state index is 12.1. The third kappa shape index (κ3) is 5.43. The van der Waals surface area contributed by atoms with Crippen LogP contribution in [0.25, 0.3) is 0 Å². The lowest BCUT2D eigenvalue weighted by atomic mass is 10.2. The van der Waals surface area contributed by atoms with Crippen LogP contribution in [0.5, 0.6) is 11.5 Å². The smallest absolute Gasteiger partial charge is 0.271 e. The Morgan fingerprint density at radius 2 is 1.36 bits per heavy atom. The molecule has 4 N–H and O–H groups in total. The highest BCUT2D eigenvalue weighted by Gasteiger charge is 2.03. The first-order valence-electron chi connectivity index (χ1n) is 8.41. The van der Waals surface area contributed by atoms with Crippen molar-refractivity contribution >= 4 is 24.0 Å². The lowest BCUT2D eigenvalue weighted by molar-refractivity contribution is 0.0955. The topological polar surface area (TPSA) is 106 Å². The van der Waals surface area contributed by atoms with E-state index in [4.69, 9.17) is 0 Å². The molecule has 7 nitrogen and oxygen atoms in total. The highest BCUT2D eigenvalue weighted by atomic mass is 16.3. The molecule has 0 aromatic heterocycles. The highest BCUT2D eigenvalue weighted by Crippen LogP contribution is 2.12. The lowest BCUT2D eigenvalue weighted by Gasteiger charge is -2.03. The van der Waals surface area contributed by atoms with E-state index in [1.165, 1.54) is 12.3 Å². The second-order valence-electron chi connectivity index (χ2n) is 5.84. The van der Waals surface area contributed by atoms with Crippen LogP contribution in [0.3, 0.4) is 0 Å². The predicted molar refractivity (Wildman–Crippen MR) is 109 cm³/mol. The zero-order valence-corrected chi connectivity index (χ0v) is 14.8. The number of hydrogen-bond acceptors (Lipinski definition) is 6. The van der Waals surface area contributed by atoms with Crippen LogP contribution in [0.1, 0.15) is 21.5 Å². The molecule has 140 valence electrons. The second-order valence-corrected chi connectivity index (χ2v) is 5.84. The van der Waals surface area contributed by atoms with Gasteiger partial charge in [-0.2, -0.15) is 10.2 Å². The van der Waals surface area contributed by atoms with E-state index < -0.39 is 0 Å². The van der Waals surface area contributed by atoms with E-state index in [-0.39, 0.29) is 17.4 Å². The number of amides is 1. The molecule has 1 amide bonds. The quantitative estimate of drug-likeness (QED) is 0.392. The molecule has 0 bridgehead atoms. The van der Waals surface area contributed by atoms with Gasteiger partial charge < -0.3 is 10.2 Å². The number of phenolic OH excluding ortho intramolecular Hbond substituents is 2. The summed E-state index contributed by atoms with van der Waals surface area (Å²) in [4.78, 5) is 12.1. The molecule has 0 fully saturated rings. The molecular weight excluding hydrogens is 356 g/mol. The summed E-state index contributed by atoms with van der Waals surface area (Å²) >= 11 is 0. The van der Waals surface area contributed by atoms with Crippen molar-refractivity contribution in [2.75, 3.05) is 5.43 Å². The summed E-state index contributed by atoms with van der Waals surface area (Å²) in [5.74, 6) is -0.0534. The molecule has 0 radical (unpaired) electrons. The summed E-state index contributed by atoms with van der Waals surface area (Å²) in [6.45, 7) is 0. The van der Waals surface area contributed by atoms with Gasteiger partial charge in [0, 0.05) is 5.56 Å². The Labute approximate surface area is 161 Å². The van der Waals surface area contributed by atoms with E-state index >= 15 is 0 Å². The van der Waals surface area contributed by atoms with Crippen LogP contribution in [0, 0.1) is 0 Å². The van der Waals surface area contributed by atoms with Crippen molar-refractivity contribution in [2.45, 2.75) is 0 Å². The van der Waals surface area contributed by atoms with E-state index in [9.17, 15) is 15.0 Å². The van der Waals surface area contributed by atoms with Crippen molar-refractivity contribution in [3.05, 3.63) is 89.5 Å². The Morgan fingerprint density at radius 3 is 1.93 bits per heavy atom. The average Bonchev–Trinajstić information content (AvgIpc) is 2.69. The molecule has 3 rings (SSSR count). The summed E-state index contributed by atoms with van der Waals surface area (Å²) in [5, 5.41) is 26.8. The highest BCUT2D eigenvalue weighted by molar-refractivity contribution is 5.95. The summed E-state index contributed by atoms with van der Waals surface area (Å²) < 4.78 is 0. The van der Waals surface area contributed by atoms with Gasteiger partial charge in [-0.15, -0.1) is 0 Å². The molecule has 0 saturated heterocycles. The summed E-state index contributed by atoms with van der Waals surface area (Å²) in [6.07, 6.45) is 3.03. The molecule has 7 heteroatoms. The normalized spacial score (nSPS) is 11.0. The second kappa shape index (κ2) is 9.00. The SMILES string of the molecule is O=C(NN=Cc1cccc(O)c1)c1ccc(NN=Cc2cccc(O)c2)cc1. The van der Waals surface area contributed by atoms with Crippen molar-refractivity contribution in [3.63, 3.8) is 0 Å². The van der Waals surface area contributed by atoms with E-state index in [1.54, 1.807) is 66.9 Å². The van der Waals surface area contributed by atoms with Crippen LogP contribution in [-0.2, 0) is 0 Å². The Balaban J connectivity index is 1.54. The van der Waals surface area contributed by atoms with Crippen LogP contribution in [0.2, 0.25) is 0 Å². The molecule has 0 spiro atoms. The average molecular weight is 374 g/mol. The predicted octanol–water partition coefficient (Wildman–Crippen LogP) is 3.31. The summed E-state index contributed by atoms with van der Waals surface area (Å²) in [6, 6.07) is 20.0. The first-order valence-corrected chi connectivity index (χ1v) is 8.41. The van der Waals surface area contributed by atoms with Gasteiger partial charge >= 0.3 is 0 Å². The van der Waals surface area contributed by atoms with Gasteiger partial charge in [0.25, 0.3) is 5.91 Å². The number of benzene rings is 3. The molecular formula is C21H18N4O3. The Morgan fingerprint density at radius 1 is 0.786 bits per heavy atom. The summed E-state index contributed by atoms with van der Waals surface area (Å²) in [7, 11) is 0. The molecule has 0 aliphatic rings. The minimum absolute atomic E-state index is 0.130. The molecule has 3 aromatic rings. The van der Waals surface area contributed by atoms with Gasteiger partial charge in [0.1, 0.15) is 11.5 Å². The van der Waals surface area contributed by atoms with Crippen LogP contribution >= 0.6 is 0 Å². The third-order valence-corrected chi connectivity index (χ3v) is 3.67. The molecule has 0 saturated carbocycles. The number of hydrazone groups is 2. The largest absolute Gasteiger partial charge is 0.508 e. The van der Waals surface area contributed by atoms with Gasteiger partial charge in [0.2, 0.25) is 0 Å². The van der Waals surface area contributed by atoms with Gasteiger partial charge in [-0.05, 0) is 59.7 Å². The molecule has 0 unspecified atom stereocenters. The van der Waals surface area contributed by atoms with E-state index in [1.807, 2.05) is 6.07 Å². The molecule has 0 aliphatic carbocycles. The number of anilines is 1. The number of carbonyl (C=O) groups excluding carboxylic acids is 1. The fraction of sp³-hybridized carbons (Fsp3) is 0. The number of aromatic hydroxyl groups is 2. The standard InChI is InChI=1S/C21H18N4O3/c26-19-5-1-3-15(11-19)13-22-24-18-9-7-17(8-10-18)21(28)25-23-14-16-4-2-6-20(27)12-16/h1-14,24,26-27H,(H,25,28). The van der Waals surface area contributed by atoms with Crippen molar-refractivity contribution < 1.29 is 15.0 Å². The molecule has 3 aromatic carbocycles. The lowest BCUT2D eigenvalue weighted by Crippen LogP contribution is -2.17. The number of carbonyl (C=O) groups is 1. The molecule has 0 atom stereocenters. The van der Waals surface area contributed by atoms with Crippen LogP contribution in [0.15, 0.2) is 83.0 Å². The molecule has 0 aliphatic heterocycles. The van der Waals surface area contributed by atoms with E-state index in [0.29, 0.717) is 16.8 Å². The number of rotatable bonds is 6. The van der Waals surface area contributed by atoms with E-state index in [2.05, 4.69) is 21.1 Å². The fourth-order valence-corrected chi connectivity index (χ4v) is 2.32. The van der Waals surface area contributed by atoms with E-state index in [0.717, 1.165) is 5.56 Å². The zero-order chi connectivity index (χ0) is 19.8. The number of nitrogens with zero attached hydrogens (tertiary/aromatic N) is 2. The molecule has 0 heterocycles. The van der Waals surface area contributed by atoms with Crippen LogP contribution < -0.4 is 10.9 Å². The van der Waals surface area contributed by atoms with Gasteiger partial charge in [0.15, 0.2) is 0 Å². The number of nitrogens with one attached hydrogen (secondary N) is 2. The Kier molecular flexibility index (Phi) is 5.99. The zero-order valence-electron chi connectivity index (χ0n) is 14.8. The monoisotopic (exact) mass is 374 g/mol. The maximum Gasteiger partial charge on any atom is 0.271 e. The first-order chi connectivity index (χ1) is 13.6. The van der Waals surface area contributed by atoms with Gasteiger partial charge in [-0.25, -0.2) is 5.43 Å². The maximum atomic E-state index is 12.1. The van der Waals surface area contributed by atoms with Crippen molar-refractivity contribution in [3.8, 4) is 11.5 Å². The van der Waals surface area contributed by atoms with Gasteiger partial charge in [-0.1, -0.05) is 24.3 Å². The van der Waals surface area contributed by atoms with Gasteiger partial charge in [0.05, 0.1) is 18.1 Å². The van der Waals surface area contributed by atoms with Crippen LogP contribution in [0.4, 0.5) is 5.69 Å². The minimum atomic E-state index is -0.355. The van der Waals surface area contributed by atoms with Gasteiger partial charge in [-0.3, -0.25) is 10.2 Å². The van der Waals surface area contributed by atoms with Crippen molar-refractivity contribution in [1.29, 1.82) is 0 Å². The number of hydrogen-bond donors (Lipinski definition) is 4. The minimum Gasteiger partial charge on any atom is -0.508 e. The third-order valence-electron chi connectivity index (χ3n) is 3.67. The van der Waals surface area contributed by atoms with Crippen molar-refractivity contribution in [2.24, 2.45) is 10.2 Å². The van der Waals surface area contributed by atoms with Crippen molar-refractivity contribution in [1.82, 2.24) is 5.43 Å². The fourth-order valence-electron chi connectivity index (χ4n) is 2.32. The number of phenols is 2. The Hall–Kier alpha value is -4.13. The van der Waals surface area contributed by atoms with Crippen LogP contribution in [-0.4, -0.2) is 28.5 Å². The molecule has 28 heavy (non-hydrogen) atoms. The Bertz CT molecular complexity index is 1010.